The van der Waals surface area contributed by atoms with E-state index in [2.05, 4.69) is 4.90 Å². The van der Waals surface area contributed by atoms with E-state index >= 15 is 0 Å². The van der Waals surface area contributed by atoms with Crippen LogP contribution in [-0.2, 0) is 4.79 Å². The molecule has 2 rings (SSSR count). The summed E-state index contributed by atoms with van der Waals surface area (Å²) in [7, 11) is 0. The Balaban J connectivity index is 2.05. The number of anilines is 1. The topological polar surface area (TPSA) is 60.9 Å². The number of aromatic carboxylic acids is 1. The third-order valence-corrected chi connectivity index (χ3v) is 4.01. The van der Waals surface area contributed by atoms with Crippen molar-refractivity contribution in [2.45, 2.75) is 13.3 Å². The van der Waals surface area contributed by atoms with E-state index in [9.17, 15) is 9.59 Å². The second kappa shape index (κ2) is 5.39. The van der Waals surface area contributed by atoms with E-state index in [4.69, 9.17) is 5.11 Å². The number of hydrogen-bond acceptors (Lipinski definition) is 4. The minimum Gasteiger partial charge on any atom is -0.477 e. The molecule has 0 aromatic carbocycles. The van der Waals surface area contributed by atoms with Crippen molar-refractivity contribution < 1.29 is 14.7 Å². The molecule has 1 aliphatic heterocycles. The third-order valence-electron chi connectivity index (χ3n) is 3.10. The average molecular weight is 268 g/mol. The SMILES string of the molecule is CC(=O)N1CCCN(c2csc(C(=O)O)c2)CC1. The molecule has 5 nitrogen and oxygen atoms in total. The predicted molar refractivity (Wildman–Crippen MR) is 70.4 cm³/mol. The first-order chi connectivity index (χ1) is 8.58. The summed E-state index contributed by atoms with van der Waals surface area (Å²) >= 11 is 1.24. The lowest BCUT2D eigenvalue weighted by molar-refractivity contribution is -0.128. The zero-order chi connectivity index (χ0) is 13.1. The van der Waals surface area contributed by atoms with E-state index in [1.54, 1.807) is 13.0 Å². The van der Waals surface area contributed by atoms with E-state index in [1.807, 2.05) is 10.3 Å². The van der Waals surface area contributed by atoms with Crippen molar-refractivity contribution in [1.29, 1.82) is 0 Å². The summed E-state index contributed by atoms with van der Waals surface area (Å²) in [6.45, 7) is 4.69. The van der Waals surface area contributed by atoms with Crippen LogP contribution in [0.3, 0.4) is 0 Å². The number of hydrogen-bond donors (Lipinski definition) is 1. The van der Waals surface area contributed by atoms with Crippen LogP contribution < -0.4 is 4.90 Å². The molecule has 1 N–H and O–H groups in total. The van der Waals surface area contributed by atoms with Crippen LogP contribution in [0.4, 0.5) is 5.69 Å². The maximum absolute atomic E-state index is 11.3. The molecule has 1 fully saturated rings. The van der Waals surface area contributed by atoms with Crippen LogP contribution in [0.2, 0.25) is 0 Å². The fourth-order valence-corrected chi connectivity index (χ4v) is 2.85. The van der Waals surface area contributed by atoms with Crippen molar-refractivity contribution in [3.05, 3.63) is 16.3 Å². The van der Waals surface area contributed by atoms with Gasteiger partial charge in [0.1, 0.15) is 4.88 Å². The summed E-state index contributed by atoms with van der Waals surface area (Å²) in [6, 6.07) is 1.70. The van der Waals surface area contributed by atoms with E-state index in [0.717, 1.165) is 31.7 Å². The minimum atomic E-state index is -0.883. The number of nitrogens with zero attached hydrogens (tertiary/aromatic N) is 2. The molecule has 1 amide bonds. The van der Waals surface area contributed by atoms with Crippen LogP contribution in [0, 0.1) is 0 Å². The van der Waals surface area contributed by atoms with Gasteiger partial charge < -0.3 is 14.9 Å². The Kier molecular flexibility index (Phi) is 3.86. The molecule has 0 saturated carbocycles. The van der Waals surface area contributed by atoms with Gasteiger partial charge in [-0.1, -0.05) is 0 Å². The highest BCUT2D eigenvalue weighted by Gasteiger charge is 2.18. The molecule has 0 spiro atoms. The highest BCUT2D eigenvalue weighted by molar-refractivity contribution is 7.12. The first kappa shape index (κ1) is 12.9. The van der Waals surface area contributed by atoms with Gasteiger partial charge in [-0.2, -0.15) is 0 Å². The van der Waals surface area contributed by atoms with Gasteiger partial charge in [-0.15, -0.1) is 11.3 Å². The van der Waals surface area contributed by atoms with Crippen molar-refractivity contribution in [1.82, 2.24) is 4.90 Å². The second-order valence-corrected chi connectivity index (χ2v) is 5.23. The van der Waals surface area contributed by atoms with Crippen molar-refractivity contribution >= 4 is 28.9 Å². The van der Waals surface area contributed by atoms with Crippen LogP contribution in [0.1, 0.15) is 23.0 Å². The normalized spacial score (nSPS) is 16.5. The Morgan fingerprint density at radius 3 is 2.67 bits per heavy atom. The van der Waals surface area contributed by atoms with Gasteiger partial charge in [0.2, 0.25) is 5.91 Å². The summed E-state index contributed by atoms with van der Waals surface area (Å²) in [5.41, 5.74) is 0.947. The standard InChI is InChI=1S/C12H16N2O3S/c1-9(15)13-3-2-4-14(6-5-13)10-7-11(12(16)17)18-8-10/h7-8H,2-6H2,1H3,(H,16,17). The third kappa shape index (κ3) is 2.81. The smallest absolute Gasteiger partial charge is 0.345 e. The quantitative estimate of drug-likeness (QED) is 0.883. The summed E-state index contributed by atoms with van der Waals surface area (Å²) in [4.78, 5) is 26.5. The fourth-order valence-electron chi connectivity index (χ4n) is 2.09. The zero-order valence-corrected chi connectivity index (χ0v) is 11.1. The molecule has 1 aromatic rings. The average Bonchev–Trinajstić information content (AvgIpc) is 2.67. The molecule has 6 heteroatoms. The first-order valence-corrected chi connectivity index (χ1v) is 6.78. The van der Waals surface area contributed by atoms with Gasteiger partial charge in [0.05, 0.1) is 0 Å². The van der Waals surface area contributed by atoms with Crippen molar-refractivity contribution in [2.75, 3.05) is 31.1 Å². The largest absolute Gasteiger partial charge is 0.477 e. The Hall–Kier alpha value is -1.56. The van der Waals surface area contributed by atoms with E-state index in [-0.39, 0.29) is 5.91 Å². The number of thiophene rings is 1. The van der Waals surface area contributed by atoms with Crippen LogP contribution in [0.5, 0.6) is 0 Å². The summed E-state index contributed by atoms with van der Waals surface area (Å²) in [6.07, 6.45) is 0.915. The highest BCUT2D eigenvalue weighted by Crippen LogP contribution is 2.24. The van der Waals surface area contributed by atoms with Crippen LogP contribution in [-0.4, -0.2) is 48.1 Å². The number of carboxylic acid groups (broad SMARTS) is 1. The number of carbonyl (C=O) groups is 2. The molecule has 0 atom stereocenters. The van der Waals surface area contributed by atoms with Gasteiger partial charge in [0.15, 0.2) is 0 Å². The number of amides is 1. The van der Waals surface area contributed by atoms with Gasteiger partial charge >= 0.3 is 5.97 Å². The summed E-state index contributed by atoms with van der Waals surface area (Å²) in [5, 5.41) is 10.8. The molecule has 0 unspecified atom stereocenters. The molecule has 2 heterocycles. The fraction of sp³-hybridized carbons (Fsp3) is 0.500. The van der Waals surface area contributed by atoms with Crippen LogP contribution >= 0.6 is 11.3 Å². The second-order valence-electron chi connectivity index (χ2n) is 4.32. The van der Waals surface area contributed by atoms with Gasteiger partial charge in [0.25, 0.3) is 0 Å². The van der Waals surface area contributed by atoms with E-state index < -0.39 is 5.97 Å². The van der Waals surface area contributed by atoms with Crippen molar-refractivity contribution in [2.24, 2.45) is 0 Å². The van der Waals surface area contributed by atoms with E-state index in [0.29, 0.717) is 11.4 Å². The molecule has 1 saturated heterocycles. The van der Waals surface area contributed by atoms with Gasteiger partial charge in [-0.3, -0.25) is 4.79 Å². The minimum absolute atomic E-state index is 0.105. The zero-order valence-electron chi connectivity index (χ0n) is 10.3. The van der Waals surface area contributed by atoms with Gasteiger partial charge in [-0.05, 0) is 12.5 Å². The maximum atomic E-state index is 11.3. The lowest BCUT2D eigenvalue weighted by Gasteiger charge is -2.21. The summed E-state index contributed by atoms with van der Waals surface area (Å²) in [5.74, 6) is -0.778. The molecular formula is C12H16N2O3S. The molecule has 98 valence electrons. The van der Waals surface area contributed by atoms with Crippen LogP contribution in [0.25, 0.3) is 0 Å². The number of rotatable bonds is 2. The maximum Gasteiger partial charge on any atom is 0.345 e. The molecular weight excluding hydrogens is 252 g/mol. The Bertz CT molecular complexity index is 458. The Labute approximate surface area is 110 Å². The number of carbonyl (C=O) groups excluding carboxylic acids is 1. The molecule has 1 aliphatic rings. The Morgan fingerprint density at radius 2 is 2.06 bits per heavy atom. The lowest BCUT2D eigenvalue weighted by atomic mass is 10.3. The monoisotopic (exact) mass is 268 g/mol. The Morgan fingerprint density at radius 1 is 1.28 bits per heavy atom. The number of carboxylic acids is 1. The molecule has 18 heavy (non-hydrogen) atoms. The van der Waals surface area contributed by atoms with Gasteiger partial charge in [-0.25, -0.2) is 4.79 Å². The lowest BCUT2D eigenvalue weighted by Crippen LogP contribution is -2.33. The first-order valence-electron chi connectivity index (χ1n) is 5.90. The molecule has 0 bridgehead atoms. The molecule has 1 aromatic heterocycles. The predicted octanol–water partition coefficient (Wildman–Crippen LogP) is 1.50. The van der Waals surface area contributed by atoms with Crippen molar-refractivity contribution in [3.8, 4) is 0 Å². The summed E-state index contributed by atoms with van der Waals surface area (Å²) < 4.78 is 0. The molecule has 0 aliphatic carbocycles. The van der Waals surface area contributed by atoms with Crippen LogP contribution in [0.15, 0.2) is 11.4 Å². The van der Waals surface area contributed by atoms with Gasteiger partial charge in [0, 0.05) is 44.2 Å². The van der Waals surface area contributed by atoms with E-state index in [1.165, 1.54) is 11.3 Å². The molecule has 0 radical (unpaired) electrons. The van der Waals surface area contributed by atoms with Crippen molar-refractivity contribution in [3.63, 3.8) is 0 Å². The highest BCUT2D eigenvalue weighted by atomic mass is 32.1.